The lowest BCUT2D eigenvalue weighted by atomic mass is 10.2. The van der Waals surface area contributed by atoms with Crippen LogP contribution in [-0.4, -0.2) is 44.4 Å². The minimum Gasteiger partial charge on any atom is -0.493 e. The van der Waals surface area contributed by atoms with Crippen molar-refractivity contribution in [1.29, 1.82) is 0 Å². The zero-order chi connectivity index (χ0) is 20.5. The van der Waals surface area contributed by atoms with Crippen LogP contribution in [0.3, 0.4) is 0 Å². The van der Waals surface area contributed by atoms with Crippen LogP contribution < -0.4 is 20.1 Å². The minimum absolute atomic E-state index is 0.481. The topological polar surface area (TPSA) is 112 Å². The van der Waals surface area contributed by atoms with E-state index in [-0.39, 0.29) is 0 Å². The van der Waals surface area contributed by atoms with Gasteiger partial charge < -0.3 is 20.1 Å². The summed E-state index contributed by atoms with van der Waals surface area (Å²) in [4.78, 5) is 9.08. The fraction of sp³-hybridized carbons (Fsp3) is 0.150. The highest BCUT2D eigenvalue weighted by atomic mass is 16.5. The number of nitrogens with one attached hydrogen (secondary N) is 2. The van der Waals surface area contributed by atoms with Gasteiger partial charge in [-0.25, -0.2) is 4.98 Å². The van der Waals surface area contributed by atoms with Crippen LogP contribution in [0.5, 0.6) is 11.5 Å². The predicted molar refractivity (Wildman–Crippen MR) is 110 cm³/mol. The lowest BCUT2D eigenvalue weighted by molar-refractivity contribution is 0.354. The SMILES string of the molecule is COc1ccc(CNc2ncc3c(n2)Nc2ccccc2-n2nnnc2-3)cc1OC. The van der Waals surface area contributed by atoms with Crippen molar-refractivity contribution in [2.75, 3.05) is 24.9 Å². The molecule has 0 unspecified atom stereocenters. The lowest BCUT2D eigenvalue weighted by Crippen LogP contribution is -2.06. The molecule has 3 heterocycles. The minimum atomic E-state index is 0.481. The number of para-hydroxylation sites is 2. The molecule has 0 fully saturated rings. The molecular weight excluding hydrogens is 384 g/mol. The highest BCUT2D eigenvalue weighted by Crippen LogP contribution is 2.35. The molecule has 10 heteroatoms. The molecule has 2 aromatic carbocycles. The van der Waals surface area contributed by atoms with Gasteiger partial charge in [-0.15, -0.1) is 5.10 Å². The number of nitrogens with zero attached hydrogens (tertiary/aromatic N) is 6. The van der Waals surface area contributed by atoms with Gasteiger partial charge in [0.25, 0.3) is 0 Å². The van der Waals surface area contributed by atoms with E-state index in [4.69, 9.17) is 9.47 Å². The van der Waals surface area contributed by atoms with Gasteiger partial charge in [-0.1, -0.05) is 18.2 Å². The summed E-state index contributed by atoms with van der Waals surface area (Å²) in [5, 5.41) is 18.7. The van der Waals surface area contributed by atoms with Gasteiger partial charge in [0.1, 0.15) is 5.82 Å². The molecule has 150 valence electrons. The number of rotatable bonds is 5. The highest BCUT2D eigenvalue weighted by Gasteiger charge is 2.23. The van der Waals surface area contributed by atoms with E-state index >= 15 is 0 Å². The maximum Gasteiger partial charge on any atom is 0.224 e. The molecule has 0 saturated heterocycles. The molecule has 0 aliphatic carbocycles. The average molecular weight is 402 g/mol. The Labute approximate surface area is 171 Å². The third-order valence-corrected chi connectivity index (χ3v) is 4.78. The van der Waals surface area contributed by atoms with Crippen LogP contribution in [0.25, 0.3) is 17.1 Å². The van der Waals surface area contributed by atoms with Crippen molar-refractivity contribution >= 4 is 17.5 Å². The Morgan fingerprint density at radius 2 is 1.93 bits per heavy atom. The lowest BCUT2D eigenvalue weighted by Gasteiger charge is -2.12. The molecule has 4 aromatic rings. The summed E-state index contributed by atoms with van der Waals surface area (Å²) in [6.45, 7) is 0.521. The maximum absolute atomic E-state index is 5.36. The van der Waals surface area contributed by atoms with E-state index in [0.717, 1.165) is 16.9 Å². The summed E-state index contributed by atoms with van der Waals surface area (Å²) in [6.07, 6.45) is 1.71. The summed E-state index contributed by atoms with van der Waals surface area (Å²) >= 11 is 0. The molecule has 2 aromatic heterocycles. The number of benzene rings is 2. The van der Waals surface area contributed by atoms with Crippen LogP contribution in [-0.2, 0) is 6.54 Å². The average Bonchev–Trinajstić information content (AvgIpc) is 3.23. The predicted octanol–water partition coefficient (Wildman–Crippen LogP) is 2.81. The smallest absolute Gasteiger partial charge is 0.224 e. The number of tetrazole rings is 1. The molecule has 0 amide bonds. The first-order chi connectivity index (χ1) is 14.8. The summed E-state index contributed by atoms with van der Waals surface area (Å²) in [7, 11) is 3.22. The molecule has 0 bridgehead atoms. The first-order valence-electron chi connectivity index (χ1n) is 9.24. The Kier molecular flexibility index (Phi) is 4.36. The molecule has 0 spiro atoms. The van der Waals surface area contributed by atoms with Crippen LogP contribution >= 0.6 is 0 Å². The van der Waals surface area contributed by atoms with Crippen molar-refractivity contribution in [3.8, 4) is 28.6 Å². The third-order valence-electron chi connectivity index (χ3n) is 4.78. The summed E-state index contributed by atoms with van der Waals surface area (Å²) < 4.78 is 12.3. The van der Waals surface area contributed by atoms with Gasteiger partial charge in [0.05, 0.1) is 31.2 Å². The van der Waals surface area contributed by atoms with Gasteiger partial charge in [-0.3, -0.25) is 0 Å². The largest absolute Gasteiger partial charge is 0.493 e. The molecule has 1 aliphatic heterocycles. The van der Waals surface area contributed by atoms with Crippen molar-refractivity contribution < 1.29 is 9.47 Å². The second-order valence-corrected chi connectivity index (χ2v) is 6.56. The molecule has 1 aliphatic rings. The highest BCUT2D eigenvalue weighted by molar-refractivity contribution is 5.81. The normalized spacial score (nSPS) is 11.4. The molecule has 0 atom stereocenters. The molecule has 0 saturated carbocycles. The first-order valence-corrected chi connectivity index (χ1v) is 9.24. The zero-order valence-corrected chi connectivity index (χ0v) is 16.3. The second-order valence-electron chi connectivity index (χ2n) is 6.56. The van der Waals surface area contributed by atoms with Gasteiger partial charge in [0, 0.05) is 12.7 Å². The van der Waals surface area contributed by atoms with Crippen molar-refractivity contribution in [2.24, 2.45) is 0 Å². The number of hydrogen-bond donors (Lipinski definition) is 2. The van der Waals surface area contributed by atoms with Gasteiger partial charge in [0.15, 0.2) is 17.3 Å². The Hall–Kier alpha value is -4.21. The van der Waals surface area contributed by atoms with Crippen molar-refractivity contribution in [3.63, 3.8) is 0 Å². The van der Waals surface area contributed by atoms with Gasteiger partial charge in [-0.2, -0.15) is 9.67 Å². The van der Waals surface area contributed by atoms with Crippen LogP contribution in [0.2, 0.25) is 0 Å². The van der Waals surface area contributed by atoms with E-state index in [0.29, 0.717) is 41.2 Å². The number of hydrogen-bond acceptors (Lipinski definition) is 9. The molecule has 30 heavy (non-hydrogen) atoms. The van der Waals surface area contributed by atoms with E-state index in [1.54, 1.807) is 25.1 Å². The van der Waals surface area contributed by atoms with Crippen molar-refractivity contribution in [2.45, 2.75) is 6.54 Å². The van der Waals surface area contributed by atoms with Crippen molar-refractivity contribution in [3.05, 3.63) is 54.2 Å². The molecule has 10 nitrogen and oxygen atoms in total. The number of methoxy groups -OCH3 is 2. The number of aromatic nitrogens is 6. The van der Waals surface area contributed by atoms with E-state index in [1.165, 1.54) is 0 Å². The summed E-state index contributed by atoms with van der Waals surface area (Å²) in [6, 6.07) is 13.5. The third kappa shape index (κ3) is 3.04. The van der Waals surface area contributed by atoms with E-state index < -0.39 is 0 Å². The first kappa shape index (κ1) is 17.9. The van der Waals surface area contributed by atoms with Crippen LogP contribution in [0.4, 0.5) is 17.5 Å². The Balaban J connectivity index is 1.44. The van der Waals surface area contributed by atoms with Crippen LogP contribution in [0.1, 0.15) is 5.56 Å². The summed E-state index contributed by atoms with van der Waals surface area (Å²) in [5.74, 6) is 3.04. The fourth-order valence-corrected chi connectivity index (χ4v) is 3.31. The van der Waals surface area contributed by atoms with E-state index in [2.05, 4.69) is 36.1 Å². The molecule has 0 radical (unpaired) electrons. The standard InChI is InChI=1S/C20H18N8O2/c1-29-16-8-7-12(9-17(16)30-2)10-21-20-22-11-13-18(24-20)23-14-5-3-4-6-15(14)28-19(13)25-26-27-28/h3-9,11H,10H2,1-2H3,(H2,21,22,23,24). The van der Waals surface area contributed by atoms with Gasteiger partial charge >= 0.3 is 0 Å². The van der Waals surface area contributed by atoms with Gasteiger partial charge in [0.2, 0.25) is 5.95 Å². The zero-order valence-electron chi connectivity index (χ0n) is 16.3. The van der Waals surface area contributed by atoms with Crippen LogP contribution in [0, 0.1) is 0 Å². The second kappa shape index (κ2) is 7.32. The number of anilines is 3. The van der Waals surface area contributed by atoms with Crippen LogP contribution in [0.15, 0.2) is 48.7 Å². The Bertz CT molecular complexity index is 1220. The molecule has 2 N–H and O–H groups in total. The van der Waals surface area contributed by atoms with Gasteiger partial charge in [-0.05, 0) is 40.3 Å². The number of fused-ring (bicyclic) bond motifs is 5. The maximum atomic E-state index is 5.36. The fourth-order valence-electron chi connectivity index (χ4n) is 3.31. The monoisotopic (exact) mass is 402 g/mol. The Morgan fingerprint density at radius 1 is 1.07 bits per heavy atom. The molecular formula is C20H18N8O2. The van der Waals surface area contributed by atoms with Crippen molar-refractivity contribution in [1.82, 2.24) is 30.2 Å². The quantitative estimate of drug-likeness (QED) is 0.458. The van der Waals surface area contributed by atoms with E-state index in [9.17, 15) is 0 Å². The summed E-state index contributed by atoms with van der Waals surface area (Å²) in [5.41, 5.74) is 3.42. The Morgan fingerprint density at radius 3 is 2.80 bits per heavy atom. The molecule has 5 rings (SSSR count). The number of ether oxygens (including phenoxy) is 2. The van der Waals surface area contributed by atoms with E-state index in [1.807, 2.05) is 42.5 Å².